The predicted molar refractivity (Wildman–Crippen MR) is 71.5 cm³/mol. The highest BCUT2D eigenvalue weighted by Gasteiger charge is 2.18. The molecule has 1 rings (SSSR count). The Balaban J connectivity index is 2.57. The van der Waals surface area contributed by atoms with Crippen molar-refractivity contribution in [1.82, 2.24) is 20.3 Å². The van der Waals surface area contributed by atoms with E-state index in [1.807, 2.05) is 0 Å². The summed E-state index contributed by atoms with van der Waals surface area (Å²) in [6.45, 7) is 4.81. The monoisotopic (exact) mass is 269 g/mol. The van der Waals surface area contributed by atoms with Crippen molar-refractivity contribution in [3.8, 4) is 0 Å². The van der Waals surface area contributed by atoms with E-state index in [4.69, 9.17) is 10.5 Å². The van der Waals surface area contributed by atoms with Crippen LogP contribution in [0.15, 0.2) is 6.20 Å². The van der Waals surface area contributed by atoms with Gasteiger partial charge in [-0.25, -0.2) is 4.68 Å². The molecule has 19 heavy (non-hydrogen) atoms. The summed E-state index contributed by atoms with van der Waals surface area (Å²) < 4.78 is 6.41. The maximum absolute atomic E-state index is 11.8. The lowest BCUT2D eigenvalue weighted by molar-refractivity contribution is -0.124. The first-order chi connectivity index (χ1) is 9.10. The van der Waals surface area contributed by atoms with Crippen molar-refractivity contribution in [2.24, 2.45) is 5.73 Å². The van der Waals surface area contributed by atoms with E-state index in [2.05, 4.69) is 22.6 Å². The van der Waals surface area contributed by atoms with Crippen LogP contribution in [0.3, 0.4) is 0 Å². The van der Waals surface area contributed by atoms with Crippen LogP contribution in [0.2, 0.25) is 0 Å². The Morgan fingerprint density at radius 3 is 3.00 bits per heavy atom. The first kappa shape index (κ1) is 15.6. The van der Waals surface area contributed by atoms with Crippen LogP contribution in [0, 0.1) is 0 Å². The summed E-state index contributed by atoms with van der Waals surface area (Å²) in [5.41, 5.74) is 6.68. The first-order valence-electron chi connectivity index (χ1n) is 6.54. The van der Waals surface area contributed by atoms with E-state index >= 15 is 0 Å². The molecule has 0 fully saturated rings. The normalized spacial score (nSPS) is 14.1. The fourth-order valence-electron chi connectivity index (χ4n) is 1.65. The van der Waals surface area contributed by atoms with Gasteiger partial charge in [-0.15, -0.1) is 5.10 Å². The van der Waals surface area contributed by atoms with Gasteiger partial charge in [0.05, 0.1) is 24.5 Å². The molecule has 2 unspecified atom stereocenters. The Morgan fingerprint density at radius 2 is 2.37 bits per heavy atom. The number of aromatic nitrogens is 3. The highest BCUT2D eigenvalue weighted by molar-refractivity contribution is 5.79. The molecular weight excluding hydrogens is 246 g/mol. The molecule has 0 saturated heterocycles. The van der Waals surface area contributed by atoms with Crippen molar-refractivity contribution >= 4 is 5.91 Å². The summed E-state index contributed by atoms with van der Waals surface area (Å²) in [5, 5.41) is 10.7. The lowest BCUT2D eigenvalue weighted by Crippen LogP contribution is -2.33. The van der Waals surface area contributed by atoms with Crippen LogP contribution in [0.5, 0.6) is 0 Å². The predicted octanol–water partition coefficient (Wildman–Crippen LogP) is 0.402. The topological polar surface area (TPSA) is 95.1 Å². The molecule has 2 atom stereocenters. The van der Waals surface area contributed by atoms with Gasteiger partial charge in [0.15, 0.2) is 0 Å². The van der Waals surface area contributed by atoms with Crippen LogP contribution in [0.4, 0.5) is 0 Å². The highest BCUT2D eigenvalue weighted by atomic mass is 16.5. The van der Waals surface area contributed by atoms with E-state index in [0.29, 0.717) is 13.2 Å². The van der Waals surface area contributed by atoms with Gasteiger partial charge in [0.25, 0.3) is 0 Å². The van der Waals surface area contributed by atoms with Crippen LogP contribution in [0.1, 0.15) is 44.5 Å². The van der Waals surface area contributed by atoms with Crippen molar-refractivity contribution in [2.75, 3.05) is 20.3 Å². The van der Waals surface area contributed by atoms with Crippen LogP contribution in [-0.4, -0.2) is 41.2 Å². The fraction of sp³-hybridized carbons (Fsp3) is 0.750. The number of carbonyl (C=O) groups excluding carboxylic acids is 1. The number of amides is 1. The third-order valence-electron chi connectivity index (χ3n) is 2.89. The van der Waals surface area contributed by atoms with Crippen LogP contribution < -0.4 is 11.1 Å². The van der Waals surface area contributed by atoms with E-state index in [1.54, 1.807) is 20.2 Å². The summed E-state index contributed by atoms with van der Waals surface area (Å²) in [4.78, 5) is 11.8. The third-order valence-corrected chi connectivity index (χ3v) is 2.89. The van der Waals surface area contributed by atoms with Gasteiger partial charge in [0.1, 0.15) is 6.04 Å². The zero-order valence-corrected chi connectivity index (χ0v) is 11.8. The molecule has 0 spiro atoms. The van der Waals surface area contributed by atoms with Gasteiger partial charge in [-0.1, -0.05) is 18.6 Å². The number of ether oxygens (including phenoxy) is 1. The van der Waals surface area contributed by atoms with Gasteiger partial charge < -0.3 is 15.8 Å². The Bertz CT molecular complexity index is 393. The standard InChI is InChI=1S/C12H23N5O2/c1-4-5-10(13)11-8-17(16-15-11)9(2)12(18)14-6-7-19-3/h8-10H,4-7,13H2,1-3H3,(H,14,18). The Morgan fingerprint density at radius 1 is 1.63 bits per heavy atom. The molecule has 0 aliphatic heterocycles. The molecule has 7 nitrogen and oxygen atoms in total. The summed E-state index contributed by atoms with van der Waals surface area (Å²) in [5.74, 6) is -0.113. The molecule has 0 saturated carbocycles. The Labute approximate surface area is 113 Å². The smallest absolute Gasteiger partial charge is 0.244 e. The molecule has 0 bridgehead atoms. The summed E-state index contributed by atoms with van der Waals surface area (Å²) >= 11 is 0. The van der Waals surface area contributed by atoms with Crippen molar-refractivity contribution < 1.29 is 9.53 Å². The minimum Gasteiger partial charge on any atom is -0.383 e. The molecular formula is C12H23N5O2. The molecule has 0 aliphatic rings. The first-order valence-corrected chi connectivity index (χ1v) is 6.54. The zero-order valence-electron chi connectivity index (χ0n) is 11.8. The minimum atomic E-state index is -0.410. The minimum absolute atomic E-state index is 0.113. The molecule has 7 heteroatoms. The van der Waals surface area contributed by atoms with Crippen molar-refractivity contribution in [3.63, 3.8) is 0 Å². The second kappa shape index (κ2) is 7.85. The number of hydrogen-bond donors (Lipinski definition) is 2. The number of nitrogens with one attached hydrogen (secondary N) is 1. The largest absolute Gasteiger partial charge is 0.383 e. The van der Waals surface area contributed by atoms with Crippen LogP contribution >= 0.6 is 0 Å². The molecule has 0 radical (unpaired) electrons. The second-order valence-corrected chi connectivity index (χ2v) is 4.48. The SMILES string of the molecule is CCCC(N)c1cn(C(C)C(=O)NCCOC)nn1. The molecule has 108 valence electrons. The van der Waals surface area contributed by atoms with Gasteiger partial charge in [0, 0.05) is 13.7 Å². The summed E-state index contributed by atoms with van der Waals surface area (Å²) in [6.07, 6.45) is 3.58. The number of carbonyl (C=O) groups is 1. The average Bonchev–Trinajstić information content (AvgIpc) is 2.88. The molecule has 1 aromatic rings. The average molecular weight is 269 g/mol. The molecule has 1 amide bonds. The Kier molecular flexibility index (Phi) is 6.44. The maximum atomic E-state index is 11.8. The molecule has 3 N–H and O–H groups in total. The number of nitrogens with zero attached hydrogens (tertiary/aromatic N) is 3. The van der Waals surface area contributed by atoms with Gasteiger partial charge in [-0.2, -0.15) is 0 Å². The number of rotatable bonds is 8. The summed E-state index contributed by atoms with van der Waals surface area (Å²) in [7, 11) is 1.59. The summed E-state index contributed by atoms with van der Waals surface area (Å²) in [6, 6.07) is -0.533. The molecule has 0 aliphatic carbocycles. The van der Waals surface area contributed by atoms with E-state index in [1.165, 1.54) is 4.68 Å². The highest BCUT2D eigenvalue weighted by Crippen LogP contribution is 2.14. The van der Waals surface area contributed by atoms with E-state index in [-0.39, 0.29) is 11.9 Å². The number of methoxy groups -OCH3 is 1. The van der Waals surface area contributed by atoms with Crippen molar-refractivity contribution in [3.05, 3.63) is 11.9 Å². The number of nitrogens with two attached hydrogens (primary N) is 1. The number of hydrogen-bond acceptors (Lipinski definition) is 5. The second-order valence-electron chi connectivity index (χ2n) is 4.48. The Hall–Kier alpha value is -1.47. The maximum Gasteiger partial charge on any atom is 0.244 e. The molecule has 1 heterocycles. The lowest BCUT2D eigenvalue weighted by Gasteiger charge is -2.11. The van der Waals surface area contributed by atoms with Crippen LogP contribution in [0.25, 0.3) is 0 Å². The van der Waals surface area contributed by atoms with Crippen molar-refractivity contribution in [2.45, 2.75) is 38.8 Å². The van der Waals surface area contributed by atoms with E-state index < -0.39 is 6.04 Å². The van der Waals surface area contributed by atoms with E-state index in [9.17, 15) is 4.79 Å². The van der Waals surface area contributed by atoms with Crippen LogP contribution in [-0.2, 0) is 9.53 Å². The lowest BCUT2D eigenvalue weighted by atomic mass is 10.1. The van der Waals surface area contributed by atoms with Gasteiger partial charge in [-0.05, 0) is 13.3 Å². The zero-order chi connectivity index (χ0) is 14.3. The molecule has 1 aromatic heterocycles. The quantitative estimate of drug-likeness (QED) is 0.666. The van der Waals surface area contributed by atoms with Gasteiger partial charge in [-0.3, -0.25) is 4.79 Å². The fourth-order valence-corrected chi connectivity index (χ4v) is 1.65. The molecule has 0 aromatic carbocycles. The van der Waals surface area contributed by atoms with Gasteiger partial charge >= 0.3 is 0 Å². The van der Waals surface area contributed by atoms with E-state index in [0.717, 1.165) is 18.5 Å². The third kappa shape index (κ3) is 4.60. The van der Waals surface area contributed by atoms with Gasteiger partial charge in [0.2, 0.25) is 5.91 Å². The van der Waals surface area contributed by atoms with Crippen molar-refractivity contribution in [1.29, 1.82) is 0 Å².